The summed E-state index contributed by atoms with van der Waals surface area (Å²) in [6.07, 6.45) is 1.34. The number of hydrogen-bond donors (Lipinski definition) is 1. The van der Waals surface area contributed by atoms with Crippen LogP contribution in [-0.2, 0) is 16.0 Å². The van der Waals surface area contributed by atoms with E-state index in [-0.39, 0.29) is 30.3 Å². The Hall–Kier alpha value is -1.68. The summed E-state index contributed by atoms with van der Waals surface area (Å²) in [5.41, 5.74) is 8.39. The highest BCUT2D eigenvalue weighted by atomic mass is 16.2. The highest BCUT2D eigenvalue weighted by Gasteiger charge is 2.36. The van der Waals surface area contributed by atoms with Gasteiger partial charge in [0.15, 0.2) is 0 Å². The van der Waals surface area contributed by atoms with E-state index in [9.17, 15) is 9.59 Å². The molecule has 1 aromatic rings. The molecule has 0 bridgehead atoms. The fourth-order valence-electron chi connectivity index (χ4n) is 2.71. The molecule has 1 heterocycles. The Bertz CT molecular complexity index is 522. The predicted octanol–water partition coefficient (Wildman–Crippen LogP) is 2.28. The van der Waals surface area contributed by atoms with Crippen LogP contribution in [0.1, 0.15) is 44.4 Å². The van der Waals surface area contributed by atoms with E-state index in [1.54, 1.807) is 6.92 Å². The molecule has 0 aliphatic carbocycles. The van der Waals surface area contributed by atoms with E-state index in [0.29, 0.717) is 12.3 Å². The minimum atomic E-state index is -0.323. The highest BCUT2D eigenvalue weighted by Crippen LogP contribution is 2.22. The molecule has 2 rings (SSSR count). The van der Waals surface area contributed by atoms with Crippen molar-refractivity contribution in [3.8, 4) is 0 Å². The van der Waals surface area contributed by atoms with Crippen molar-refractivity contribution in [3.05, 3.63) is 35.4 Å². The SMILES string of the molecule is CC(C)Cc1ccc(C(N)CN2C(=O)CC(C)C2=O)cc1. The summed E-state index contributed by atoms with van der Waals surface area (Å²) >= 11 is 0. The van der Waals surface area contributed by atoms with Gasteiger partial charge in [0.05, 0.1) is 0 Å². The lowest BCUT2D eigenvalue weighted by atomic mass is 9.99. The fourth-order valence-corrected chi connectivity index (χ4v) is 2.71. The van der Waals surface area contributed by atoms with Crippen LogP contribution in [0.5, 0.6) is 0 Å². The summed E-state index contributed by atoms with van der Waals surface area (Å²) < 4.78 is 0. The molecule has 2 atom stereocenters. The summed E-state index contributed by atoms with van der Waals surface area (Å²) in [7, 11) is 0. The molecule has 1 aromatic carbocycles. The van der Waals surface area contributed by atoms with Crippen molar-refractivity contribution in [1.29, 1.82) is 0 Å². The van der Waals surface area contributed by atoms with Crippen LogP contribution in [-0.4, -0.2) is 23.3 Å². The first-order valence-electron chi connectivity index (χ1n) is 7.57. The zero-order chi connectivity index (χ0) is 15.6. The number of rotatable bonds is 5. The van der Waals surface area contributed by atoms with Crippen molar-refractivity contribution in [1.82, 2.24) is 4.90 Å². The van der Waals surface area contributed by atoms with E-state index in [2.05, 4.69) is 26.0 Å². The van der Waals surface area contributed by atoms with Gasteiger partial charge in [0, 0.05) is 24.9 Å². The van der Waals surface area contributed by atoms with E-state index in [4.69, 9.17) is 5.73 Å². The zero-order valence-electron chi connectivity index (χ0n) is 13.0. The van der Waals surface area contributed by atoms with Gasteiger partial charge < -0.3 is 5.73 Å². The van der Waals surface area contributed by atoms with Crippen molar-refractivity contribution in [2.75, 3.05) is 6.54 Å². The minimum Gasteiger partial charge on any atom is -0.322 e. The van der Waals surface area contributed by atoms with Crippen molar-refractivity contribution in [3.63, 3.8) is 0 Å². The molecule has 0 aromatic heterocycles. The lowest BCUT2D eigenvalue weighted by Crippen LogP contribution is -2.36. The number of benzene rings is 1. The van der Waals surface area contributed by atoms with Gasteiger partial charge in [-0.2, -0.15) is 0 Å². The number of imide groups is 1. The van der Waals surface area contributed by atoms with E-state index < -0.39 is 0 Å². The van der Waals surface area contributed by atoms with Crippen LogP contribution in [0.3, 0.4) is 0 Å². The Kier molecular flexibility index (Phi) is 4.78. The number of likely N-dealkylation sites (tertiary alicyclic amines) is 1. The third-order valence-corrected chi connectivity index (χ3v) is 3.90. The average Bonchev–Trinajstić information content (AvgIpc) is 2.65. The number of hydrogen-bond acceptors (Lipinski definition) is 3. The monoisotopic (exact) mass is 288 g/mol. The molecule has 0 radical (unpaired) electrons. The second-order valence-corrected chi connectivity index (χ2v) is 6.39. The molecule has 2 N–H and O–H groups in total. The quantitative estimate of drug-likeness (QED) is 0.845. The topological polar surface area (TPSA) is 63.4 Å². The van der Waals surface area contributed by atoms with Gasteiger partial charge in [0.1, 0.15) is 0 Å². The van der Waals surface area contributed by atoms with Gasteiger partial charge in [0.25, 0.3) is 0 Å². The fraction of sp³-hybridized carbons (Fsp3) is 0.529. The molecular weight excluding hydrogens is 264 g/mol. The first-order valence-corrected chi connectivity index (χ1v) is 7.57. The number of carbonyl (C=O) groups is 2. The Balaban J connectivity index is 2.02. The number of carbonyl (C=O) groups excluding carboxylic acids is 2. The predicted molar refractivity (Wildman–Crippen MR) is 82.4 cm³/mol. The van der Waals surface area contributed by atoms with Crippen LogP contribution >= 0.6 is 0 Å². The molecule has 2 unspecified atom stereocenters. The third-order valence-electron chi connectivity index (χ3n) is 3.90. The largest absolute Gasteiger partial charge is 0.322 e. The molecule has 1 saturated heterocycles. The number of amides is 2. The molecule has 4 nitrogen and oxygen atoms in total. The van der Waals surface area contributed by atoms with Crippen LogP contribution in [0.4, 0.5) is 0 Å². The molecular formula is C17H24N2O2. The zero-order valence-corrected chi connectivity index (χ0v) is 13.0. The molecule has 0 saturated carbocycles. The third kappa shape index (κ3) is 3.70. The summed E-state index contributed by atoms with van der Waals surface area (Å²) in [6, 6.07) is 7.82. The molecule has 1 aliphatic heterocycles. The first-order chi connectivity index (χ1) is 9.88. The average molecular weight is 288 g/mol. The van der Waals surface area contributed by atoms with Gasteiger partial charge in [0.2, 0.25) is 11.8 Å². The summed E-state index contributed by atoms with van der Waals surface area (Å²) in [4.78, 5) is 25.0. The van der Waals surface area contributed by atoms with Crippen LogP contribution in [0.2, 0.25) is 0 Å². The molecule has 114 valence electrons. The Labute approximate surface area is 126 Å². The van der Waals surface area contributed by atoms with Crippen LogP contribution < -0.4 is 5.73 Å². The van der Waals surface area contributed by atoms with Crippen molar-refractivity contribution in [2.45, 2.75) is 39.7 Å². The van der Waals surface area contributed by atoms with E-state index in [1.807, 2.05) is 12.1 Å². The molecule has 4 heteroatoms. The van der Waals surface area contributed by atoms with Crippen LogP contribution in [0.15, 0.2) is 24.3 Å². The summed E-state index contributed by atoms with van der Waals surface area (Å²) in [5, 5.41) is 0. The standard InChI is InChI=1S/C17H24N2O2/c1-11(2)8-13-4-6-14(7-5-13)15(18)10-19-16(20)9-12(3)17(19)21/h4-7,11-12,15H,8-10,18H2,1-3H3. The smallest absolute Gasteiger partial charge is 0.232 e. The van der Waals surface area contributed by atoms with E-state index >= 15 is 0 Å². The Morgan fingerprint density at radius 3 is 2.33 bits per heavy atom. The second kappa shape index (κ2) is 6.39. The summed E-state index contributed by atoms with van der Waals surface area (Å²) in [6.45, 7) is 6.43. The number of nitrogens with zero attached hydrogens (tertiary/aromatic N) is 1. The molecule has 2 amide bonds. The minimum absolute atomic E-state index is 0.105. The maximum atomic E-state index is 11.9. The van der Waals surface area contributed by atoms with Gasteiger partial charge in [-0.05, 0) is 23.5 Å². The van der Waals surface area contributed by atoms with Crippen LogP contribution in [0, 0.1) is 11.8 Å². The van der Waals surface area contributed by atoms with Gasteiger partial charge >= 0.3 is 0 Å². The van der Waals surface area contributed by atoms with E-state index in [1.165, 1.54) is 10.5 Å². The van der Waals surface area contributed by atoms with Crippen molar-refractivity contribution >= 4 is 11.8 Å². The van der Waals surface area contributed by atoms with Crippen molar-refractivity contribution in [2.24, 2.45) is 17.6 Å². The van der Waals surface area contributed by atoms with Gasteiger partial charge in [-0.25, -0.2) is 0 Å². The maximum absolute atomic E-state index is 11.9. The second-order valence-electron chi connectivity index (χ2n) is 6.39. The van der Waals surface area contributed by atoms with Gasteiger partial charge in [-0.15, -0.1) is 0 Å². The van der Waals surface area contributed by atoms with Gasteiger partial charge in [-0.3, -0.25) is 14.5 Å². The van der Waals surface area contributed by atoms with Crippen molar-refractivity contribution < 1.29 is 9.59 Å². The Morgan fingerprint density at radius 1 is 1.24 bits per heavy atom. The Morgan fingerprint density at radius 2 is 1.86 bits per heavy atom. The van der Waals surface area contributed by atoms with E-state index in [0.717, 1.165) is 12.0 Å². The van der Waals surface area contributed by atoms with Crippen LogP contribution in [0.25, 0.3) is 0 Å². The molecule has 1 fully saturated rings. The maximum Gasteiger partial charge on any atom is 0.232 e. The normalized spacial score (nSPS) is 20.4. The molecule has 21 heavy (non-hydrogen) atoms. The molecule has 1 aliphatic rings. The lowest BCUT2D eigenvalue weighted by molar-refractivity contribution is -0.139. The molecule has 0 spiro atoms. The number of nitrogens with two attached hydrogens (primary N) is 1. The highest BCUT2D eigenvalue weighted by molar-refractivity contribution is 6.03. The first kappa shape index (κ1) is 15.7. The van der Waals surface area contributed by atoms with Gasteiger partial charge in [-0.1, -0.05) is 45.0 Å². The summed E-state index contributed by atoms with van der Waals surface area (Å²) in [5.74, 6) is 0.190. The lowest BCUT2D eigenvalue weighted by Gasteiger charge is -2.20.